The molecule has 0 spiro atoms. The zero-order valence-electron chi connectivity index (χ0n) is 12.8. The molecule has 0 aliphatic carbocycles. The van der Waals surface area contributed by atoms with E-state index in [2.05, 4.69) is 5.38 Å². The Balaban J connectivity index is 2.13. The van der Waals surface area contributed by atoms with Gasteiger partial charge in [0.05, 0.1) is 8.91 Å². The molecular formula is C17H12ClNO2S3. The van der Waals surface area contributed by atoms with E-state index in [0.29, 0.717) is 5.02 Å². The fraction of sp³-hybridized carbons (Fsp3) is 0.118. The second-order valence-electron chi connectivity index (χ2n) is 5.25. The Bertz CT molecular complexity index is 1100. The number of nitriles is 1. The van der Waals surface area contributed by atoms with E-state index in [0.717, 1.165) is 19.8 Å². The summed E-state index contributed by atoms with van der Waals surface area (Å²) < 4.78 is 26.5. The lowest BCUT2D eigenvalue weighted by molar-refractivity contribution is 0.603. The van der Waals surface area contributed by atoms with Crippen molar-refractivity contribution in [2.24, 2.45) is 0 Å². The second-order valence-corrected chi connectivity index (χ2v) is 9.80. The fourth-order valence-corrected chi connectivity index (χ4v) is 6.24. The van der Waals surface area contributed by atoms with Crippen LogP contribution in [0.3, 0.4) is 0 Å². The average molecular weight is 394 g/mol. The predicted molar refractivity (Wildman–Crippen MR) is 101 cm³/mol. The van der Waals surface area contributed by atoms with Gasteiger partial charge in [-0.25, -0.2) is 8.42 Å². The van der Waals surface area contributed by atoms with E-state index < -0.39 is 9.84 Å². The number of rotatable bonds is 3. The third-order valence-corrected chi connectivity index (χ3v) is 8.07. The van der Waals surface area contributed by atoms with Crippen molar-refractivity contribution >= 4 is 59.6 Å². The molecule has 24 heavy (non-hydrogen) atoms. The molecular weight excluding hydrogens is 382 g/mol. The highest BCUT2D eigenvalue weighted by Gasteiger charge is 2.22. The highest BCUT2D eigenvalue weighted by Crippen LogP contribution is 2.39. The molecule has 0 aliphatic heterocycles. The van der Waals surface area contributed by atoms with Crippen molar-refractivity contribution in [3.63, 3.8) is 0 Å². The van der Waals surface area contributed by atoms with E-state index in [4.69, 9.17) is 11.6 Å². The van der Waals surface area contributed by atoms with Gasteiger partial charge in [0.15, 0.2) is 4.91 Å². The van der Waals surface area contributed by atoms with Gasteiger partial charge in [-0.2, -0.15) is 5.26 Å². The summed E-state index contributed by atoms with van der Waals surface area (Å²) in [5, 5.41) is 13.1. The molecule has 122 valence electrons. The molecule has 2 heterocycles. The summed E-state index contributed by atoms with van der Waals surface area (Å²) in [6, 6.07) is 7.65. The molecule has 0 unspecified atom stereocenters. The van der Waals surface area contributed by atoms with E-state index in [1.54, 1.807) is 11.3 Å². The van der Waals surface area contributed by atoms with Crippen LogP contribution in [0.5, 0.6) is 0 Å². The van der Waals surface area contributed by atoms with Crippen molar-refractivity contribution in [2.75, 3.05) is 0 Å². The van der Waals surface area contributed by atoms with E-state index in [9.17, 15) is 13.7 Å². The molecule has 2 aromatic heterocycles. The summed E-state index contributed by atoms with van der Waals surface area (Å²) in [7, 11) is -3.86. The third-order valence-electron chi connectivity index (χ3n) is 3.67. The quantitative estimate of drug-likeness (QED) is 0.546. The van der Waals surface area contributed by atoms with Gasteiger partial charge >= 0.3 is 0 Å². The van der Waals surface area contributed by atoms with E-state index in [-0.39, 0.29) is 9.80 Å². The van der Waals surface area contributed by atoms with Gasteiger partial charge in [0, 0.05) is 15.3 Å². The summed E-state index contributed by atoms with van der Waals surface area (Å²) in [6.07, 6.45) is 1.47. The number of thiophene rings is 2. The summed E-state index contributed by atoms with van der Waals surface area (Å²) >= 11 is 8.94. The van der Waals surface area contributed by atoms with Gasteiger partial charge in [0.2, 0.25) is 9.84 Å². The van der Waals surface area contributed by atoms with Crippen LogP contribution in [0.2, 0.25) is 5.02 Å². The number of benzene rings is 1. The molecule has 0 atom stereocenters. The minimum atomic E-state index is -3.86. The zero-order valence-corrected chi connectivity index (χ0v) is 16.0. The van der Waals surface area contributed by atoms with Crippen LogP contribution in [0.15, 0.2) is 39.4 Å². The van der Waals surface area contributed by atoms with Crippen LogP contribution in [-0.4, -0.2) is 8.42 Å². The van der Waals surface area contributed by atoms with Crippen LogP contribution in [0, 0.1) is 25.2 Å². The van der Waals surface area contributed by atoms with Crippen LogP contribution in [0.25, 0.3) is 15.5 Å². The first-order valence-electron chi connectivity index (χ1n) is 6.94. The highest BCUT2D eigenvalue weighted by atomic mass is 35.5. The number of sulfone groups is 1. The number of hydrogen-bond acceptors (Lipinski definition) is 5. The maximum Gasteiger partial charge on any atom is 0.216 e. The number of aryl methyl sites for hydroxylation is 2. The number of fused-ring (bicyclic) bond motifs is 1. The Kier molecular flexibility index (Phi) is 4.54. The molecule has 3 aromatic rings. The van der Waals surface area contributed by atoms with Gasteiger partial charge in [-0.1, -0.05) is 11.6 Å². The van der Waals surface area contributed by atoms with Gasteiger partial charge in [-0.3, -0.25) is 0 Å². The Morgan fingerprint density at radius 2 is 1.92 bits per heavy atom. The Morgan fingerprint density at radius 1 is 1.25 bits per heavy atom. The molecule has 0 aliphatic rings. The van der Waals surface area contributed by atoms with Crippen molar-refractivity contribution in [2.45, 2.75) is 18.7 Å². The number of hydrogen-bond donors (Lipinski definition) is 0. The van der Waals surface area contributed by atoms with Crippen LogP contribution in [0.4, 0.5) is 0 Å². The largest absolute Gasteiger partial charge is 0.218 e. The van der Waals surface area contributed by atoms with E-state index in [1.807, 2.05) is 19.9 Å². The summed E-state index contributed by atoms with van der Waals surface area (Å²) in [5.74, 6) is 0. The lowest BCUT2D eigenvalue weighted by Crippen LogP contribution is -2.03. The maximum absolute atomic E-state index is 12.7. The molecule has 0 saturated carbocycles. The summed E-state index contributed by atoms with van der Waals surface area (Å²) in [6.45, 7) is 3.98. The minimum Gasteiger partial charge on any atom is -0.218 e. The number of nitrogens with zero attached hydrogens (tertiary/aromatic N) is 1. The molecule has 0 radical (unpaired) electrons. The molecule has 7 heteroatoms. The van der Waals surface area contributed by atoms with Crippen LogP contribution < -0.4 is 0 Å². The maximum atomic E-state index is 12.7. The first-order valence-corrected chi connectivity index (χ1v) is 10.5. The minimum absolute atomic E-state index is 0.0619. The Hall–Kier alpha value is -1.65. The number of allylic oxidation sites excluding steroid dienone is 1. The molecule has 3 rings (SSSR count). The molecule has 0 amide bonds. The second kappa shape index (κ2) is 6.34. The van der Waals surface area contributed by atoms with Gasteiger partial charge in [-0.05, 0) is 60.7 Å². The van der Waals surface area contributed by atoms with E-state index in [1.165, 1.54) is 47.2 Å². The molecule has 0 fully saturated rings. The lowest BCUT2D eigenvalue weighted by Gasteiger charge is -2.03. The monoisotopic (exact) mass is 393 g/mol. The fourth-order valence-electron chi connectivity index (χ4n) is 2.41. The number of halogens is 1. The zero-order chi connectivity index (χ0) is 17.5. The summed E-state index contributed by atoms with van der Waals surface area (Å²) in [4.78, 5) is 0.598. The highest BCUT2D eigenvalue weighted by molar-refractivity contribution is 7.95. The molecule has 0 N–H and O–H groups in total. The standard InChI is InChI=1S/C17H12ClNO2S3/c1-10-9-22-17-16(10)11(2)15(23-17)7-14(8-19)24(20,21)13-5-3-12(18)4-6-13/h3-7,9H,1-2H3/b14-7+. The van der Waals surface area contributed by atoms with Crippen molar-refractivity contribution in [3.8, 4) is 6.07 Å². The molecule has 1 aromatic carbocycles. The Morgan fingerprint density at radius 3 is 2.50 bits per heavy atom. The van der Waals surface area contributed by atoms with Gasteiger partial charge in [-0.15, -0.1) is 22.7 Å². The molecule has 3 nitrogen and oxygen atoms in total. The molecule has 0 saturated heterocycles. The van der Waals surface area contributed by atoms with E-state index >= 15 is 0 Å². The summed E-state index contributed by atoms with van der Waals surface area (Å²) in [5.41, 5.74) is 2.18. The van der Waals surface area contributed by atoms with Crippen LogP contribution in [0.1, 0.15) is 16.0 Å². The van der Waals surface area contributed by atoms with Crippen molar-refractivity contribution in [1.29, 1.82) is 5.26 Å². The third kappa shape index (κ3) is 2.89. The van der Waals surface area contributed by atoms with Crippen molar-refractivity contribution in [3.05, 3.63) is 55.6 Å². The SMILES string of the molecule is Cc1csc2sc(/C=C(\C#N)S(=O)(=O)c3ccc(Cl)cc3)c(C)c12. The average Bonchev–Trinajstić information content (AvgIpc) is 3.06. The van der Waals surface area contributed by atoms with Gasteiger partial charge < -0.3 is 0 Å². The normalized spacial score (nSPS) is 12.5. The van der Waals surface area contributed by atoms with Crippen molar-refractivity contribution < 1.29 is 8.42 Å². The van der Waals surface area contributed by atoms with Crippen LogP contribution in [-0.2, 0) is 9.84 Å². The van der Waals surface area contributed by atoms with Gasteiger partial charge in [0.1, 0.15) is 6.07 Å². The molecule has 0 bridgehead atoms. The lowest BCUT2D eigenvalue weighted by atomic mass is 10.1. The topological polar surface area (TPSA) is 57.9 Å². The smallest absolute Gasteiger partial charge is 0.216 e. The Labute approximate surface area is 153 Å². The van der Waals surface area contributed by atoms with Gasteiger partial charge in [0.25, 0.3) is 0 Å². The van der Waals surface area contributed by atoms with Crippen molar-refractivity contribution in [1.82, 2.24) is 0 Å². The first kappa shape index (κ1) is 17.2. The predicted octanol–water partition coefficient (Wildman–Crippen LogP) is 5.57. The van der Waals surface area contributed by atoms with Crippen LogP contribution >= 0.6 is 34.3 Å². The first-order chi connectivity index (χ1) is 11.3.